The topological polar surface area (TPSA) is 26.3 Å². The molecule has 0 amide bonds. The van der Waals surface area contributed by atoms with Crippen LogP contribution in [-0.2, 0) is 9.53 Å². The van der Waals surface area contributed by atoms with Crippen LogP contribution in [0.4, 0.5) is 0 Å². The summed E-state index contributed by atoms with van der Waals surface area (Å²) in [5, 5.41) is 0. The molecule has 0 N–H and O–H groups in total. The third-order valence-corrected chi connectivity index (χ3v) is 2.03. The van der Waals surface area contributed by atoms with Crippen molar-refractivity contribution in [1.82, 2.24) is 0 Å². The smallest absolute Gasteiger partial charge is 0.302 e. The van der Waals surface area contributed by atoms with E-state index in [0.717, 1.165) is 6.42 Å². The largest absolute Gasteiger partial charge is 0.465 e. The Bertz CT molecular complexity index is 210. The Morgan fingerprint density at radius 1 is 1.91 bits per heavy atom. The van der Waals surface area contributed by atoms with Crippen molar-refractivity contribution >= 4 is 13.8 Å². The molecule has 11 heavy (non-hydrogen) atoms. The predicted molar refractivity (Wildman–Crippen MR) is 43.2 cm³/mol. The first-order chi connectivity index (χ1) is 5.08. The first-order valence-corrected chi connectivity index (χ1v) is 3.63. The Balaban J connectivity index is 2.34. The zero-order chi connectivity index (χ0) is 8.48. The monoisotopic (exact) mass is 150 g/mol. The number of carbonyl (C=O) groups excluding carboxylic acids is 1. The van der Waals surface area contributed by atoms with Gasteiger partial charge in [0.15, 0.2) is 0 Å². The van der Waals surface area contributed by atoms with Gasteiger partial charge in [-0.25, -0.2) is 0 Å². The van der Waals surface area contributed by atoms with E-state index >= 15 is 0 Å². The third kappa shape index (κ3) is 1.85. The molecule has 1 rings (SSSR count). The van der Waals surface area contributed by atoms with Gasteiger partial charge in [0.2, 0.25) is 0 Å². The van der Waals surface area contributed by atoms with Crippen LogP contribution < -0.4 is 0 Å². The van der Waals surface area contributed by atoms with Gasteiger partial charge in [0, 0.05) is 12.3 Å². The minimum Gasteiger partial charge on any atom is -0.465 e. The molecule has 1 aliphatic rings. The zero-order valence-corrected chi connectivity index (χ0v) is 6.89. The van der Waals surface area contributed by atoms with Gasteiger partial charge in [-0.2, -0.15) is 0 Å². The van der Waals surface area contributed by atoms with Crippen LogP contribution in [0.2, 0.25) is 0 Å². The van der Waals surface area contributed by atoms with E-state index in [1.807, 2.05) is 6.92 Å². The second-order valence-corrected chi connectivity index (χ2v) is 3.21. The lowest BCUT2D eigenvalue weighted by atomic mass is 10.1. The van der Waals surface area contributed by atoms with Crippen molar-refractivity contribution in [3.63, 3.8) is 0 Å². The number of ether oxygens (including phenoxy) is 1. The summed E-state index contributed by atoms with van der Waals surface area (Å²) in [6.45, 7) is 3.91. The summed E-state index contributed by atoms with van der Waals surface area (Å²) in [7, 11) is 5.31. The Kier molecular flexibility index (Phi) is 2.07. The summed E-state index contributed by atoms with van der Waals surface area (Å²) in [5.41, 5.74) is 1.22. The maximum absolute atomic E-state index is 10.4. The SMILES string of the molecule is [B]/C=C1\CC1(C)COC(C)=O. The van der Waals surface area contributed by atoms with Crippen molar-refractivity contribution in [1.29, 1.82) is 0 Å². The average molecular weight is 150 g/mol. The van der Waals surface area contributed by atoms with E-state index in [-0.39, 0.29) is 11.4 Å². The summed E-state index contributed by atoms with van der Waals surface area (Å²) in [5.74, 6) is 1.37. The van der Waals surface area contributed by atoms with Crippen LogP contribution in [0.25, 0.3) is 0 Å². The van der Waals surface area contributed by atoms with Crippen LogP contribution >= 0.6 is 0 Å². The molecule has 2 nitrogen and oxygen atoms in total. The van der Waals surface area contributed by atoms with E-state index in [1.165, 1.54) is 12.5 Å². The Labute approximate surface area is 68.0 Å². The average Bonchev–Trinajstić information content (AvgIpc) is 2.59. The van der Waals surface area contributed by atoms with Crippen LogP contribution in [0.3, 0.4) is 0 Å². The molecule has 0 aromatic heterocycles. The first kappa shape index (κ1) is 8.37. The van der Waals surface area contributed by atoms with E-state index in [9.17, 15) is 4.79 Å². The molecule has 0 heterocycles. The van der Waals surface area contributed by atoms with Gasteiger partial charge in [0.25, 0.3) is 0 Å². The van der Waals surface area contributed by atoms with E-state index in [0.29, 0.717) is 6.61 Å². The maximum Gasteiger partial charge on any atom is 0.302 e. The normalized spacial score (nSPS) is 32.0. The summed E-state index contributed by atoms with van der Waals surface area (Å²) in [4.78, 5) is 10.4. The minimum absolute atomic E-state index is 0.0421. The quantitative estimate of drug-likeness (QED) is 0.433. The number of hydrogen-bond acceptors (Lipinski definition) is 2. The number of rotatable bonds is 2. The Morgan fingerprint density at radius 3 is 2.91 bits per heavy atom. The Morgan fingerprint density at radius 2 is 2.55 bits per heavy atom. The molecule has 0 aliphatic heterocycles. The molecular weight excluding hydrogens is 139 g/mol. The second-order valence-electron chi connectivity index (χ2n) is 3.21. The van der Waals surface area contributed by atoms with E-state index in [2.05, 4.69) is 0 Å². The highest BCUT2D eigenvalue weighted by atomic mass is 16.5. The molecule has 3 heteroatoms. The standard InChI is InChI=1S/C8H11BO2/c1-6(10)11-5-8(2)3-7(8)4-9/h4H,3,5H2,1-2H3/b7-4+. The van der Waals surface area contributed by atoms with Crippen molar-refractivity contribution in [3.05, 3.63) is 11.5 Å². The number of hydrogen-bond donors (Lipinski definition) is 0. The molecule has 1 atom stereocenters. The summed E-state index contributed by atoms with van der Waals surface area (Å²) in [6, 6.07) is 0. The van der Waals surface area contributed by atoms with E-state index < -0.39 is 0 Å². The van der Waals surface area contributed by atoms with Crippen LogP contribution in [0.1, 0.15) is 20.3 Å². The van der Waals surface area contributed by atoms with Crippen LogP contribution in [0, 0.1) is 5.41 Å². The van der Waals surface area contributed by atoms with Crippen LogP contribution in [0.15, 0.2) is 11.5 Å². The fraction of sp³-hybridized carbons (Fsp3) is 0.625. The fourth-order valence-corrected chi connectivity index (χ4v) is 1.04. The van der Waals surface area contributed by atoms with Crippen LogP contribution in [-0.4, -0.2) is 20.4 Å². The number of esters is 1. The van der Waals surface area contributed by atoms with Gasteiger partial charge in [-0.05, 0) is 6.42 Å². The Hall–Kier alpha value is -0.725. The van der Waals surface area contributed by atoms with Gasteiger partial charge in [-0.1, -0.05) is 12.5 Å². The predicted octanol–water partition coefficient (Wildman–Crippen LogP) is 1.01. The summed E-state index contributed by atoms with van der Waals surface area (Å²) in [6.07, 6.45) is 0.955. The zero-order valence-electron chi connectivity index (χ0n) is 6.89. The lowest BCUT2D eigenvalue weighted by molar-refractivity contribution is -0.142. The molecule has 0 aromatic carbocycles. The third-order valence-electron chi connectivity index (χ3n) is 2.03. The van der Waals surface area contributed by atoms with Crippen molar-refractivity contribution in [2.75, 3.05) is 6.61 Å². The van der Waals surface area contributed by atoms with Gasteiger partial charge >= 0.3 is 5.97 Å². The fourth-order valence-electron chi connectivity index (χ4n) is 1.04. The molecule has 1 saturated carbocycles. The molecule has 58 valence electrons. The molecule has 1 unspecified atom stereocenters. The van der Waals surface area contributed by atoms with Gasteiger partial charge < -0.3 is 4.74 Å². The second kappa shape index (κ2) is 2.72. The van der Waals surface area contributed by atoms with Gasteiger partial charge in [0.05, 0.1) is 0 Å². The molecule has 1 aliphatic carbocycles. The van der Waals surface area contributed by atoms with E-state index in [4.69, 9.17) is 12.6 Å². The highest BCUT2D eigenvalue weighted by Crippen LogP contribution is 2.51. The van der Waals surface area contributed by atoms with Crippen molar-refractivity contribution in [2.45, 2.75) is 20.3 Å². The number of carbonyl (C=O) groups is 1. The molecule has 0 aromatic rings. The molecule has 0 spiro atoms. The van der Waals surface area contributed by atoms with E-state index in [1.54, 1.807) is 5.98 Å². The minimum atomic E-state index is -0.227. The van der Waals surface area contributed by atoms with Gasteiger partial charge in [-0.15, -0.1) is 5.98 Å². The van der Waals surface area contributed by atoms with Crippen LogP contribution in [0.5, 0.6) is 0 Å². The van der Waals surface area contributed by atoms with Crippen molar-refractivity contribution in [3.8, 4) is 0 Å². The lowest BCUT2D eigenvalue weighted by Crippen LogP contribution is -2.09. The van der Waals surface area contributed by atoms with Crippen molar-refractivity contribution < 1.29 is 9.53 Å². The highest BCUT2D eigenvalue weighted by molar-refractivity contribution is 6.17. The highest BCUT2D eigenvalue weighted by Gasteiger charge is 2.43. The molecular formula is C8H11BO2. The lowest BCUT2D eigenvalue weighted by Gasteiger charge is -2.06. The molecule has 2 radical (unpaired) electrons. The van der Waals surface area contributed by atoms with Gasteiger partial charge in [0.1, 0.15) is 14.5 Å². The first-order valence-electron chi connectivity index (χ1n) is 3.63. The summed E-state index contributed by atoms with van der Waals surface area (Å²) < 4.78 is 4.87. The maximum atomic E-state index is 10.4. The summed E-state index contributed by atoms with van der Waals surface area (Å²) >= 11 is 0. The van der Waals surface area contributed by atoms with Crippen molar-refractivity contribution in [2.24, 2.45) is 5.41 Å². The molecule has 0 bridgehead atoms. The molecule has 1 fully saturated rings. The molecule has 0 saturated heterocycles. The van der Waals surface area contributed by atoms with Gasteiger partial charge in [-0.3, -0.25) is 4.79 Å².